The van der Waals surface area contributed by atoms with Crippen LogP contribution in [0.5, 0.6) is 5.75 Å². The molecule has 0 saturated carbocycles. The zero-order chi connectivity index (χ0) is 20.6. The van der Waals surface area contributed by atoms with Crippen molar-refractivity contribution in [3.05, 3.63) is 78.3 Å². The van der Waals surface area contributed by atoms with E-state index < -0.39 is 0 Å². The zero-order valence-electron chi connectivity index (χ0n) is 16.9. The van der Waals surface area contributed by atoms with Gasteiger partial charge in [-0.2, -0.15) is 0 Å². The van der Waals surface area contributed by atoms with E-state index >= 15 is 0 Å². The van der Waals surface area contributed by atoms with Crippen molar-refractivity contribution in [3.8, 4) is 16.9 Å². The number of rotatable bonds is 8. The van der Waals surface area contributed by atoms with Crippen LogP contribution in [-0.2, 0) is 22.6 Å². The first-order valence-corrected chi connectivity index (χ1v) is 10.2. The molecule has 0 spiro atoms. The van der Waals surface area contributed by atoms with E-state index in [4.69, 9.17) is 13.9 Å². The summed E-state index contributed by atoms with van der Waals surface area (Å²) in [4.78, 5) is 14.6. The van der Waals surface area contributed by atoms with Crippen LogP contribution in [0.4, 0.5) is 0 Å². The van der Waals surface area contributed by atoms with Crippen LogP contribution in [0.1, 0.15) is 11.5 Å². The van der Waals surface area contributed by atoms with Crippen molar-refractivity contribution in [2.45, 2.75) is 13.1 Å². The van der Waals surface area contributed by atoms with Crippen LogP contribution in [0.25, 0.3) is 11.1 Å². The summed E-state index contributed by atoms with van der Waals surface area (Å²) in [6.07, 6.45) is 0. The maximum absolute atomic E-state index is 12.3. The molecule has 1 N–H and O–H groups in total. The Bertz CT molecular complexity index is 949. The Balaban J connectivity index is 1.26. The first-order chi connectivity index (χ1) is 14.8. The van der Waals surface area contributed by atoms with Crippen molar-refractivity contribution in [3.63, 3.8) is 0 Å². The molecule has 1 amide bonds. The van der Waals surface area contributed by atoms with Crippen molar-refractivity contribution in [2.24, 2.45) is 0 Å². The molecule has 1 aliphatic rings. The number of morpholine rings is 1. The summed E-state index contributed by atoms with van der Waals surface area (Å²) in [5, 5.41) is 2.85. The second-order valence-corrected chi connectivity index (χ2v) is 7.18. The minimum Gasteiger partial charge on any atom is -0.483 e. The van der Waals surface area contributed by atoms with Crippen molar-refractivity contribution >= 4 is 5.91 Å². The molecule has 0 bridgehead atoms. The Morgan fingerprint density at radius 3 is 2.50 bits per heavy atom. The average molecular weight is 406 g/mol. The highest BCUT2D eigenvalue weighted by Gasteiger charge is 2.13. The third-order valence-corrected chi connectivity index (χ3v) is 4.99. The van der Waals surface area contributed by atoms with E-state index in [0.29, 0.717) is 12.3 Å². The molecule has 1 aromatic heterocycles. The lowest BCUT2D eigenvalue weighted by atomic mass is 10.1. The Labute approximate surface area is 176 Å². The van der Waals surface area contributed by atoms with Gasteiger partial charge in [0.1, 0.15) is 17.3 Å². The van der Waals surface area contributed by atoms with Gasteiger partial charge < -0.3 is 19.2 Å². The Hall–Kier alpha value is -3.09. The molecule has 6 nitrogen and oxygen atoms in total. The molecule has 0 unspecified atom stereocenters. The fourth-order valence-corrected chi connectivity index (χ4v) is 3.41. The molecular weight excluding hydrogens is 380 g/mol. The number of nitrogens with one attached hydrogen (secondary N) is 1. The van der Waals surface area contributed by atoms with E-state index in [0.717, 1.165) is 55.5 Å². The summed E-state index contributed by atoms with van der Waals surface area (Å²) in [6, 6.07) is 21.6. The topological polar surface area (TPSA) is 63.9 Å². The van der Waals surface area contributed by atoms with E-state index in [1.54, 1.807) is 0 Å². The van der Waals surface area contributed by atoms with Gasteiger partial charge >= 0.3 is 0 Å². The van der Waals surface area contributed by atoms with Gasteiger partial charge in [0.15, 0.2) is 6.61 Å². The van der Waals surface area contributed by atoms with Crippen molar-refractivity contribution in [2.75, 3.05) is 32.9 Å². The van der Waals surface area contributed by atoms with E-state index in [2.05, 4.69) is 10.2 Å². The quantitative estimate of drug-likeness (QED) is 0.621. The van der Waals surface area contributed by atoms with Gasteiger partial charge in [0.05, 0.1) is 26.3 Å². The fourth-order valence-electron chi connectivity index (χ4n) is 3.41. The summed E-state index contributed by atoms with van der Waals surface area (Å²) in [7, 11) is 0. The van der Waals surface area contributed by atoms with Gasteiger partial charge in [-0.3, -0.25) is 9.69 Å². The molecule has 1 aliphatic heterocycles. The molecule has 6 heteroatoms. The third-order valence-electron chi connectivity index (χ3n) is 4.99. The summed E-state index contributed by atoms with van der Waals surface area (Å²) >= 11 is 0. The molecule has 156 valence electrons. The molecule has 2 aromatic carbocycles. The van der Waals surface area contributed by atoms with E-state index in [1.165, 1.54) is 0 Å². The molecular formula is C24H26N2O4. The predicted molar refractivity (Wildman–Crippen MR) is 114 cm³/mol. The monoisotopic (exact) mass is 406 g/mol. The summed E-state index contributed by atoms with van der Waals surface area (Å²) in [5.74, 6) is 2.12. The van der Waals surface area contributed by atoms with Gasteiger partial charge in [-0.25, -0.2) is 0 Å². The van der Waals surface area contributed by atoms with Gasteiger partial charge in [0, 0.05) is 18.7 Å². The highest BCUT2D eigenvalue weighted by Crippen LogP contribution is 2.29. The Morgan fingerprint density at radius 1 is 0.933 bits per heavy atom. The van der Waals surface area contributed by atoms with Crippen LogP contribution in [0.3, 0.4) is 0 Å². The second-order valence-electron chi connectivity index (χ2n) is 7.18. The smallest absolute Gasteiger partial charge is 0.258 e. The van der Waals surface area contributed by atoms with Crippen LogP contribution in [-0.4, -0.2) is 43.7 Å². The molecule has 2 heterocycles. The fraction of sp³-hybridized carbons (Fsp3) is 0.292. The summed E-state index contributed by atoms with van der Waals surface area (Å²) in [6.45, 7) is 4.39. The van der Waals surface area contributed by atoms with E-state index in [9.17, 15) is 4.79 Å². The molecule has 1 saturated heterocycles. The van der Waals surface area contributed by atoms with Crippen LogP contribution in [0.2, 0.25) is 0 Å². The molecule has 0 radical (unpaired) electrons. The molecule has 30 heavy (non-hydrogen) atoms. The Morgan fingerprint density at radius 2 is 1.67 bits per heavy atom. The first-order valence-electron chi connectivity index (χ1n) is 10.2. The Kier molecular flexibility index (Phi) is 6.79. The number of benzene rings is 2. The summed E-state index contributed by atoms with van der Waals surface area (Å²) < 4.78 is 17.0. The third kappa shape index (κ3) is 5.49. The average Bonchev–Trinajstić information content (AvgIpc) is 3.25. The first kappa shape index (κ1) is 20.2. The van der Waals surface area contributed by atoms with Gasteiger partial charge in [0.2, 0.25) is 0 Å². The molecule has 1 fully saturated rings. The van der Waals surface area contributed by atoms with Gasteiger partial charge in [-0.15, -0.1) is 0 Å². The number of hydrogen-bond acceptors (Lipinski definition) is 5. The van der Waals surface area contributed by atoms with Crippen LogP contribution >= 0.6 is 0 Å². The number of amides is 1. The maximum Gasteiger partial charge on any atom is 0.258 e. The van der Waals surface area contributed by atoms with Crippen molar-refractivity contribution in [1.82, 2.24) is 10.2 Å². The number of carbonyl (C=O) groups is 1. The lowest BCUT2D eigenvalue weighted by Gasteiger charge is -2.25. The van der Waals surface area contributed by atoms with Crippen LogP contribution < -0.4 is 10.1 Å². The zero-order valence-corrected chi connectivity index (χ0v) is 16.9. The van der Waals surface area contributed by atoms with Crippen molar-refractivity contribution in [1.29, 1.82) is 0 Å². The number of nitrogens with zero attached hydrogens (tertiary/aromatic N) is 1. The number of carbonyl (C=O) groups excluding carboxylic acids is 1. The molecule has 0 atom stereocenters. The molecule has 4 rings (SSSR count). The normalized spacial score (nSPS) is 14.4. The SMILES string of the molecule is O=C(COc1ccccc1-c1ccccc1)NCc1ccc(CN2CCOCC2)o1. The van der Waals surface area contributed by atoms with E-state index in [1.807, 2.05) is 66.7 Å². The minimum absolute atomic E-state index is 0.0504. The molecule has 0 aliphatic carbocycles. The van der Waals surface area contributed by atoms with Gasteiger partial charge in [0.25, 0.3) is 5.91 Å². The van der Waals surface area contributed by atoms with Crippen LogP contribution in [0, 0.1) is 0 Å². The minimum atomic E-state index is -0.191. The highest BCUT2D eigenvalue weighted by atomic mass is 16.5. The van der Waals surface area contributed by atoms with Crippen LogP contribution in [0.15, 0.2) is 71.1 Å². The number of para-hydroxylation sites is 1. The van der Waals surface area contributed by atoms with E-state index in [-0.39, 0.29) is 12.5 Å². The number of furan rings is 1. The highest BCUT2D eigenvalue weighted by molar-refractivity contribution is 5.78. The molecule has 3 aromatic rings. The standard InChI is InChI=1S/C24H26N2O4/c27-24(18-29-23-9-5-4-8-22(23)19-6-2-1-3-7-19)25-16-20-10-11-21(30-20)17-26-12-14-28-15-13-26/h1-11H,12-18H2,(H,25,27). The second kappa shape index (κ2) is 10.1. The number of hydrogen-bond donors (Lipinski definition) is 1. The largest absolute Gasteiger partial charge is 0.483 e. The summed E-state index contributed by atoms with van der Waals surface area (Å²) in [5.41, 5.74) is 2.02. The predicted octanol–water partition coefficient (Wildman–Crippen LogP) is 3.47. The number of ether oxygens (including phenoxy) is 2. The van der Waals surface area contributed by atoms with Crippen molar-refractivity contribution < 1.29 is 18.7 Å². The lowest BCUT2D eigenvalue weighted by molar-refractivity contribution is -0.123. The lowest BCUT2D eigenvalue weighted by Crippen LogP contribution is -2.35. The maximum atomic E-state index is 12.3. The van der Waals surface area contributed by atoms with Gasteiger partial charge in [-0.1, -0.05) is 48.5 Å². The van der Waals surface area contributed by atoms with Gasteiger partial charge in [-0.05, 0) is 23.8 Å².